The molecule has 2 aliphatic heterocycles. The number of carbonyl (C=O) groups excluding carboxylic acids is 1. The van der Waals surface area contributed by atoms with E-state index in [0.717, 1.165) is 19.3 Å². The molecule has 160 valence electrons. The summed E-state index contributed by atoms with van der Waals surface area (Å²) in [5, 5.41) is 2.76. The quantitative estimate of drug-likeness (QED) is 0.781. The molecular formula is C21H24N2O6S. The number of rotatable bonds is 5. The van der Waals surface area contributed by atoms with Crippen LogP contribution in [0.2, 0.25) is 0 Å². The number of nitrogens with one attached hydrogen (secondary N) is 1. The maximum Gasteiger partial charge on any atom is 0.255 e. The number of amides is 1. The Hall–Kier alpha value is -2.78. The summed E-state index contributed by atoms with van der Waals surface area (Å²) in [6, 6.07) is 9.54. The minimum absolute atomic E-state index is 0.0480. The minimum atomic E-state index is -3.72. The van der Waals surface area contributed by atoms with Crippen LogP contribution in [0.5, 0.6) is 17.2 Å². The van der Waals surface area contributed by atoms with Crippen molar-refractivity contribution < 1.29 is 27.4 Å². The first kappa shape index (κ1) is 20.5. The van der Waals surface area contributed by atoms with Crippen LogP contribution in [0.1, 0.15) is 29.6 Å². The maximum atomic E-state index is 13.1. The van der Waals surface area contributed by atoms with Gasteiger partial charge in [0.25, 0.3) is 5.91 Å². The zero-order valence-electron chi connectivity index (χ0n) is 16.7. The molecule has 2 aromatic carbocycles. The van der Waals surface area contributed by atoms with Crippen molar-refractivity contribution in [2.45, 2.75) is 24.2 Å². The molecule has 0 saturated carbocycles. The Kier molecular flexibility index (Phi) is 5.83. The van der Waals surface area contributed by atoms with Gasteiger partial charge in [-0.05, 0) is 49.2 Å². The minimum Gasteiger partial charge on any atom is -0.495 e. The van der Waals surface area contributed by atoms with Crippen LogP contribution in [0, 0.1) is 0 Å². The van der Waals surface area contributed by atoms with Crippen LogP contribution >= 0.6 is 0 Å². The summed E-state index contributed by atoms with van der Waals surface area (Å²) >= 11 is 0. The molecule has 0 aromatic heterocycles. The van der Waals surface area contributed by atoms with Gasteiger partial charge in [-0.2, -0.15) is 4.31 Å². The third-order valence-corrected chi connectivity index (χ3v) is 7.08. The summed E-state index contributed by atoms with van der Waals surface area (Å²) in [6.07, 6.45) is 2.69. The van der Waals surface area contributed by atoms with Gasteiger partial charge in [0.15, 0.2) is 11.5 Å². The van der Waals surface area contributed by atoms with E-state index in [2.05, 4.69) is 5.32 Å². The van der Waals surface area contributed by atoms with Gasteiger partial charge in [-0.1, -0.05) is 6.42 Å². The van der Waals surface area contributed by atoms with E-state index in [-0.39, 0.29) is 16.6 Å². The predicted octanol–water partition coefficient (Wildman–Crippen LogP) is 2.89. The number of hydrogen-bond acceptors (Lipinski definition) is 6. The number of sulfonamides is 1. The molecule has 0 aliphatic carbocycles. The Morgan fingerprint density at radius 1 is 1.00 bits per heavy atom. The third kappa shape index (κ3) is 4.08. The molecule has 0 bridgehead atoms. The van der Waals surface area contributed by atoms with Gasteiger partial charge in [-0.25, -0.2) is 8.42 Å². The molecule has 9 heteroatoms. The molecule has 2 aromatic rings. The number of fused-ring (bicyclic) bond motifs is 1. The number of benzene rings is 2. The fourth-order valence-electron chi connectivity index (χ4n) is 3.59. The van der Waals surface area contributed by atoms with Crippen LogP contribution in [0.25, 0.3) is 0 Å². The van der Waals surface area contributed by atoms with E-state index in [4.69, 9.17) is 14.2 Å². The molecule has 8 nitrogen and oxygen atoms in total. The third-order valence-electron chi connectivity index (χ3n) is 5.16. The summed E-state index contributed by atoms with van der Waals surface area (Å²) < 4.78 is 44.0. The zero-order valence-corrected chi connectivity index (χ0v) is 17.5. The highest BCUT2D eigenvalue weighted by atomic mass is 32.2. The molecule has 30 heavy (non-hydrogen) atoms. The van der Waals surface area contributed by atoms with Crippen LogP contribution in [-0.4, -0.2) is 52.0 Å². The maximum absolute atomic E-state index is 13.1. The summed E-state index contributed by atoms with van der Waals surface area (Å²) in [4.78, 5) is 12.8. The number of methoxy groups -OCH3 is 1. The smallest absolute Gasteiger partial charge is 0.255 e. The van der Waals surface area contributed by atoms with Crippen molar-refractivity contribution in [2.24, 2.45) is 0 Å². The van der Waals surface area contributed by atoms with Gasteiger partial charge >= 0.3 is 0 Å². The molecule has 1 fully saturated rings. The van der Waals surface area contributed by atoms with Crippen molar-refractivity contribution in [1.29, 1.82) is 0 Å². The highest BCUT2D eigenvalue weighted by molar-refractivity contribution is 7.89. The second kappa shape index (κ2) is 8.53. The van der Waals surface area contributed by atoms with Crippen LogP contribution in [0.15, 0.2) is 41.3 Å². The van der Waals surface area contributed by atoms with Crippen molar-refractivity contribution in [1.82, 2.24) is 4.31 Å². The molecule has 0 spiro atoms. The van der Waals surface area contributed by atoms with Gasteiger partial charge in [0.1, 0.15) is 23.9 Å². The first-order valence-electron chi connectivity index (χ1n) is 9.88. The van der Waals surface area contributed by atoms with Crippen LogP contribution in [0.3, 0.4) is 0 Å². The van der Waals surface area contributed by atoms with E-state index in [1.165, 1.54) is 17.5 Å². The summed E-state index contributed by atoms with van der Waals surface area (Å²) in [6.45, 7) is 1.87. The molecule has 1 N–H and O–H groups in total. The van der Waals surface area contributed by atoms with Crippen molar-refractivity contribution in [2.75, 3.05) is 38.7 Å². The highest BCUT2D eigenvalue weighted by Gasteiger charge is 2.29. The topological polar surface area (TPSA) is 94.2 Å². The zero-order chi connectivity index (χ0) is 21.1. The molecule has 1 amide bonds. The second-order valence-corrected chi connectivity index (χ2v) is 9.05. The first-order chi connectivity index (χ1) is 14.5. The van der Waals surface area contributed by atoms with Crippen molar-refractivity contribution in [3.63, 3.8) is 0 Å². The van der Waals surface area contributed by atoms with Crippen LogP contribution in [0.4, 0.5) is 5.69 Å². The van der Waals surface area contributed by atoms with E-state index in [1.807, 2.05) is 0 Å². The Balaban J connectivity index is 1.59. The van der Waals surface area contributed by atoms with E-state index in [1.54, 1.807) is 30.3 Å². The first-order valence-corrected chi connectivity index (χ1v) is 11.3. The number of anilines is 1. The lowest BCUT2D eigenvalue weighted by atomic mass is 10.1. The lowest BCUT2D eigenvalue weighted by molar-refractivity contribution is 0.102. The van der Waals surface area contributed by atoms with Crippen molar-refractivity contribution in [3.8, 4) is 17.2 Å². The number of hydrogen-bond donors (Lipinski definition) is 1. The van der Waals surface area contributed by atoms with Gasteiger partial charge in [-0.15, -0.1) is 0 Å². The molecular weight excluding hydrogens is 408 g/mol. The number of ether oxygens (including phenoxy) is 3. The predicted molar refractivity (Wildman–Crippen MR) is 111 cm³/mol. The largest absolute Gasteiger partial charge is 0.495 e. The van der Waals surface area contributed by atoms with Crippen LogP contribution in [-0.2, 0) is 10.0 Å². The average Bonchev–Trinajstić information content (AvgIpc) is 2.79. The van der Waals surface area contributed by atoms with E-state index in [9.17, 15) is 13.2 Å². The van der Waals surface area contributed by atoms with Crippen LogP contribution < -0.4 is 19.5 Å². The SMILES string of the molecule is COc1ccc(NC(=O)c2ccc3c(c2)OCCO3)cc1S(=O)(=O)N1CCCCC1. The van der Waals surface area contributed by atoms with Gasteiger partial charge in [-0.3, -0.25) is 4.79 Å². The lowest BCUT2D eigenvalue weighted by Gasteiger charge is -2.26. The second-order valence-electron chi connectivity index (χ2n) is 7.14. The van der Waals surface area contributed by atoms with E-state index in [0.29, 0.717) is 49.1 Å². The van der Waals surface area contributed by atoms with E-state index < -0.39 is 10.0 Å². The Bertz CT molecular complexity index is 1050. The Morgan fingerprint density at radius 3 is 2.47 bits per heavy atom. The fraction of sp³-hybridized carbons (Fsp3) is 0.381. The summed E-state index contributed by atoms with van der Waals surface area (Å²) in [5.74, 6) is 0.977. The monoisotopic (exact) mass is 432 g/mol. The Labute approximate surface area is 175 Å². The normalized spacial score (nSPS) is 16.7. The van der Waals surface area contributed by atoms with Crippen molar-refractivity contribution in [3.05, 3.63) is 42.0 Å². The summed E-state index contributed by atoms with van der Waals surface area (Å²) in [5.41, 5.74) is 0.752. The van der Waals surface area contributed by atoms with Gasteiger partial charge in [0.05, 0.1) is 7.11 Å². The molecule has 0 radical (unpaired) electrons. The average molecular weight is 432 g/mol. The number of nitrogens with zero attached hydrogens (tertiary/aromatic N) is 1. The number of piperidine rings is 1. The van der Waals surface area contributed by atoms with Gasteiger partial charge < -0.3 is 19.5 Å². The van der Waals surface area contributed by atoms with E-state index >= 15 is 0 Å². The molecule has 1 saturated heterocycles. The Morgan fingerprint density at radius 2 is 1.73 bits per heavy atom. The molecule has 0 atom stereocenters. The molecule has 2 aliphatic rings. The van der Waals surface area contributed by atoms with Gasteiger partial charge in [0, 0.05) is 24.3 Å². The van der Waals surface area contributed by atoms with Crippen molar-refractivity contribution >= 4 is 21.6 Å². The highest BCUT2D eigenvalue weighted by Crippen LogP contribution is 2.33. The molecule has 2 heterocycles. The molecule has 4 rings (SSSR count). The number of carbonyl (C=O) groups is 1. The van der Waals surface area contributed by atoms with Gasteiger partial charge in [0.2, 0.25) is 10.0 Å². The standard InChI is InChI=1S/C21H24N2O6S/c1-27-18-8-6-16(14-20(18)30(25,26)23-9-3-2-4-10-23)22-21(24)15-5-7-17-19(13-15)29-12-11-28-17/h5-8,13-14H,2-4,9-12H2,1H3,(H,22,24). The lowest BCUT2D eigenvalue weighted by Crippen LogP contribution is -2.35. The molecule has 0 unspecified atom stereocenters. The fourth-order valence-corrected chi connectivity index (χ4v) is 5.29. The summed E-state index contributed by atoms with van der Waals surface area (Å²) in [7, 11) is -2.29.